The Balaban J connectivity index is 1.84. The van der Waals surface area contributed by atoms with Crippen molar-refractivity contribution < 1.29 is 19.1 Å². The monoisotopic (exact) mass is 416 g/mol. The normalized spacial score (nSPS) is 14.0. The van der Waals surface area contributed by atoms with Gasteiger partial charge in [0.2, 0.25) is 0 Å². The highest BCUT2D eigenvalue weighted by molar-refractivity contribution is 7.17. The lowest BCUT2D eigenvalue weighted by Gasteiger charge is -2.30. The van der Waals surface area contributed by atoms with Gasteiger partial charge in [-0.15, -0.1) is 11.3 Å². The van der Waals surface area contributed by atoms with E-state index < -0.39 is 5.97 Å². The van der Waals surface area contributed by atoms with E-state index in [4.69, 9.17) is 9.47 Å². The minimum atomic E-state index is -0.406. The van der Waals surface area contributed by atoms with Crippen molar-refractivity contribution in [2.45, 2.75) is 52.8 Å². The van der Waals surface area contributed by atoms with Crippen LogP contribution in [0.4, 0.5) is 5.00 Å². The molecule has 0 atom stereocenters. The van der Waals surface area contributed by atoms with Crippen molar-refractivity contribution in [2.24, 2.45) is 0 Å². The number of amides is 1. The van der Waals surface area contributed by atoms with Gasteiger partial charge >= 0.3 is 5.97 Å². The Morgan fingerprint density at radius 2 is 1.83 bits per heavy atom. The standard InChI is InChI=1S/C22H28N2O4S/c1-13(2)24-11-10-17-18(12-24)29-21(19(17)22(26)27-5)23-20(25)15-6-8-16(9-7-15)28-14(3)4/h6-9,13-14H,10-12H2,1-5H3,(H,23,25). The maximum Gasteiger partial charge on any atom is 0.341 e. The molecule has 0 bridgehead atoms. The van der Waals surface area contributed by atoms with E-state index >= 15 is 0 Å². The molecule has 1 aromatic heterocycles. The van der Waals surface area contributed by atoms with E-state index in [1.54, 1.807) is 24.3 Å². The van der Waals surface area contributed by atoms with Gasteiger partial charge in [0.05, 0.1) is 18.8 Å². The summed E-state index contributed by atoms with van der Waals surface area (Å²) < 4.78 is 10.6. The molecule has 1 amide bonds. The Morgan fingerprint density at radius 1 is 1.14 bits per heavy atom. The molecule has 1 aliphatic heterocycles. The Hall–Kier alpha value is -2.38. The summed E-state index contributed by atoms with van der Waals surface area (Å²) in [4.78, 5) is 28.7. The molecule has 1 aromatic carbocycles. The van der Waals surface area contributed by atoms with Gasteiger partial charge in [-0.1, -0.05) is 0 Å². The fourth-order valence-electron chi connectivity index (χ4n) is 3.40. The number of fused-ring (bicyclic) bond motifs is 1. The van der Waals surface area contributed by atoms with Gasteiger partial charge in [0.15, 0.2) is 0 Å². The molecule has 1 N–H and O–H groups in total. The molecule has 0 fully saturated rings. The van der Waals surface area contributed by atoms with Crippen LogP contribution in [0.3, 0.4) is 0 Å². The molecule has 0 aliphatic carbocycles. The molecule has 156 valence electrons. The molecule has 3 rings (SSSR count). The van der Waals surface area contributed by atoms with Crippen molar-refractivity contribution in [3.8, 4) is 5.75 Å². The molecule has 29 heavy (non-hydrogen) atoms. The SMILES string of the molecule is COC(=O)c1c(NC(=O)c2ccc(OC(C)C)cc2)sc2c1CCN(C(C)C)C2. The molecule has 2 aromatic rings. The lowest BCUT2D eigenvalue weighted by Crippen LogP contribution is -2.35. The zero-order valence-corrected chi connectivity index (χ0v) is 18.4. The predicted octanol–water partition coefficient (Wildman–Crippen LogP) is 4.34. The Bertz CT molecular complexity index is 887. The van der Waals surface area contributed by atoms with E-state index in [9.17, 15) is 9.59 Å². The van der Waals surface area contributed by atoms with E-state index in [2.05, 4.69) is 24.1 Å². The smallest absolute Gasteiger partial charge is 0.341 e. The van der Waals surface area contributed by atoms with Crippen LogP contribution in [0.25, 0.3) is 0 Å². The van der Waals surface area contributed by atoms with Gasteiger partial charge in [-0.25, -0.2) is 4.79 Å². The Morgan fingerprint density at radius 3 is 2.41 bits per heavy atom. The van der Waals surface area contributed by atoms with Crippen LogP contribution in [-0.2, 0) is 17.7 Å². The largest absolute Gasteiger partial charge is 0.491 e. The molecular weight excluding hydrogens is 388 g/mol. The van der Waals surface area contributed by atoms with Crippen LogP contribution in [0.15, 0.2) is 24.3 Å². The average molecular weight is 417 g/mol. The lowest BCUT2D eigenvalue weighted by molar-refractivity contribution is 0.0600. The second-order valence-electron chi connectivity index (χ2n) is 7.66. The van der Waals surface area contributed by atoms with Crippen LogP contribution < -0.4 is 10.1 Å². The highest BCUT2D eigenvalue weighted by Gasteiger charge is 2.30. The van der Waals surface area contributed by atoms with Gasteiger partial charge in [-0.2, -0.15) is 0 Å². The third-order valence-electron chi connectivity index (χ3n) is 4.92. The topological polar surface area (TPSA) is 67.9 Å². The van der Waals surface area contributed by atoms with Crippen LogP contribution in [0, 0.1) is 0 Å². The average Bonchev–Trinajstić information content (AvgIpc) is 3.04. The van der Waals surface area contributed by atoms with Crippen molar-refractivity contribution in [2.75, 3.05) is 19.0 Å². The number of rotatable bonds is 6. The van der Waals surface area contributed by atoms with E-state index in [1.807, 2.05) is 13.8 Å². The first-order valence-electron chi connectivity index (χ1n) is 9.85. The Kier molecular flexibility index (Phi) is 6.59. The molecule has 0 radical (unpaired) electrons. The second-order valence-corrected chi connectivity index (χ2v) is 8.76. The third-order valence-corrected chi connectivity index (χ3v) is 6.05. The molecule has 0 saturated carbocycles. The first-order chi connectivity index (χ1) is 13.8. The van der Waals surface area contributed by atoms with Crippen LogP contribution in [-0.4, -0.2) is 42.6 Å². The zero-order valence-electron chi connectivity index (χ0n) is 17.6. The van der Waals surface area contributed by atoms with Gasteiger partial charge < -0.3 is 14.8 Å². The lowest BCUT2D eigenvalue weighted by atomic mass is 10.0. The number of ether oxygens (including phenoxy) is 2. The predicted molar refractivity (Wildman–Crippen MR) is 115 cm³/mol. The summed E-state index contributed by atoms with van der Waals surface area (Å²) >= 11 is 1.46. The number of hydrogen-bond acceptors (Lipinski definition) is 6. The molecule has 0 saturated heterocycles. The van der Waals surface area contributed by atoms with Crippen LogP contribution in [0.5, 0.6) is 5.75 Å². The maximum atomic E-state index is 12.8. The number of benzene rings is 1. The molecule has 1 aliphatic rings. The summed E-state index contributed by atoms with van der Waals surface area (Å²) in [5, 5.41) is 3.48. The quantitative estimate of drug-likeness (QED) is 0.710. The van der Waals surface area contributed by atoms with E-state index in [1.165, 1.54) is 18.4 Å². The van der Waals surface area contributed by atoms with Gasteiger partial charge in [0.25, 0.3) is 5.91 Å². The highest BCUT2D eigenvalue weighted by Crippen LogP contribution is 2.38. The molecular formula is C22H28N2O4S. The second kappa shape index (κ2) is 8.97. The van der Waals surface area contributed by atoms with Gasteiger partial charge in [-0.3, -0.25) is 9.69 Å². The molecule has 0 unspecified atom stereocenters. The molecule has 7 heteroatoms. The summed E-state index contributed by atoms with van der Waals surface area (Å²) in [6.45, 7) is 9.89. The van der Waals surface area contributed by atoms with Crippen LogP contribution in [0.1, 0.15) is 58.9 Å². The summed E-state index contributed by atoms with van der Waals surface area (Å²) in [5.74, 6) is 0.0502. The van der Waals surface area contributed by atoms with Crippen molar-refractivity contribution in [1.82, 2.24) is 4.90 Å². The van der Waals surface area contributed by atoms with Crippen LogP contribution in [0.2, 0.25) is 0 Å². The number of hydrogen-bond donors (Lipinski definition) is 1. The number of esters is 1. The third kappa shape index (κ3) is 4.79. The number of carbonyl (C=O) groups is 2. The number of thiophene rings is 1. The fraction of sp³-hybridized carbons (Fsp3) is 0.455. The Labute approximate surface area is 175 Å². The van der Waals surface area contributed by atoms with Gasteiger partial charge in [0, 0.05) is 29.6 Å². The summed E-state index contributed by atoms with van der Waals surface area (Å²) in [6.07, 6.45) is 0.839. The van der Waals surface area contributed by atoms with Crippen molar-refractivity contribution in [3.05, 3.63) is 45.8 Å². The van der Waals surface area contributed by atoms with E-state index in [-0.39, 0.29) is 12.0 Å². The van der Waals surface area contributed by atoms with Crippen molar-refractivity contribution >= 4 is 28.2 Å². The molecule has 2 heterocycles. The number of nitrogens with one attached hydrogen (secondary N) is 1. The zero-order chi connectivity index (χ0) is 21.1. The summed E-state index contributed by atoms with van der Waals surface area (Å²) in [5.41, 5.74) is 1.99. The summed E-state index contributed by atoms with van der Waals surface area (Å²) in [7, 11) is 1.37. The van der Waals surface area contributed by atoms with E-state index in [0.29, 0.717) is 27.9 Å². The van der Waals surface area contributed by atoms with Crippen molar-refractivity contribution in [1.29, 1.82) is 0 Å². The van der Waals surface area contributed by atoms with E-state index in [0.717, 1.165) is 30.0 Å². The van der Waals surface area contributed by atoms with Gasteiger partial charge in [-0.05, 0) is 63.9 Å². The maximum absolute atomic E-state index is 12.8. The minimum Gasteiger partial charge on any atom is -0.491 e. The molecule has 0 spiro atoms. The molecule has 6 nitrogen and oxygen atoms in total. The summed E-state index contributed by atoms with van der Waals surface area (Å²) in [6, 6.07) is 7.42. The number of anilines is 1. The number of carbonyl (C=O) groups excluding carboxylic acids is 2. The first kappa shape index (κ1) is 21.3. The van der Waals surface area contributed by atoms with Gasteiger partial charge in [0.1, 0.15) is 10.8 Å². The first-order valence-corrected chi connectivity index (χ1v) is 10.7. The highest BCUT2D eigenvalue weighted by atomic mass is 32.1. The van der Waals surface area contributed by atoms with Crippen molar-refractivity contribution in [3.63, 3.8) is 0 Å². The number of nitrogens with zero attached hydrogens (tertiary/aromatic N) is 1. The minimum absolute atomic E-state index is 0.0696. The fourth-order valence-corrected chi connectivity index (χ4v) is 4.66. The van der Waals surface area contributed by atoms with Crippen LogP contribution >= 0.6 is 11.3 Å². The number of methoxy groups -OCH3 is 1.